The molecule has 0 saturated heterocycles. The highest BCUT2D eigenvalue weighted by molar-refractivity contribution is 5.87. The van der Waals surface area contributed by atoms with Gasteiger partial charge in [-0.2, -0.15) is 140 Å². The van der Waals surface area contributed by atoms with E-state index in [-0.39, 0.29) is 48.5 Å². The molecule has 4 fully saturated rings. The fourth-order valence-corrected chi connectivity index (χ4v) is 10.0. The molecule has 4 bridgehead atoms. The predicted molar refractivity (Wildman–Crippen MR) is 295 cm³/mol. The van der Waals surface area contributed by atoms with Gasteiger partial charge >= 0.3 is 108 Å². The summed E-state index contributed by atoms with van der Waals surface area (Å²) in [5.41, 5.74) is -6.67. The Morgan fingerprint density at radius 1 is 0.373 bits per heavy atom. The first kappa shape index (κ1) is 99.1. The number of aliphatic hydroxyl groups is 2. The van der Waals surface area contributed by atoms with Crippen LogP contribution in [0.4, 0.5) is 140 Å². The van der Waals surface area contributed by atoms with E-state index in [1.54, 1.807) is 6.92 Å². The van der Waals surface area contributed by atoms with Gasteiger partial charge in [-0.1, -0.05) is 39.8 Å². The largest absolute Gasteiger partial charge is 0.469 e. The Hall–Kier alpha value is -4.96. The van der Waals surface area contributed by atoms with E-state index < -0.39 is 144 Å². The average Bonchev–Trinajstić information content (AvgIpc) is 1.07. The highest BCUT2D eigenvalue weighted by Crippen LogP contribution is 2.63. The van der Waals surface area contributed by atoms with E-state index in [0.29, 0.717) is 29.2 Å². The van der Waals surface area contributed by atoms with Crippen LogP contribution in [0.3, 0.4) is 0 Å². The topological polar surface area (TPSA) is 146 Å². The van der Waals surface area contributed by atoms with Crippen molar-refractivity contribution in [1.82, 2.24) is 0 Å². The number of hydrogen-bond acceptors (Lipinski definition) is 10. The fourth-order valence-electron chi connectivity index (χ4n) is 10.0. The summed E-state index contributed by atoms with van der Waals surface area (Å²) < 4.78 is 425. The first-order valence-corrected chi connectivity index (χ1v) is 30.1. The summed E-state index contributed by atoms with van der Waals surface area (Å²) in [6.45, 7) is 16.7. The van der Waals surface area contributed by atoms with Crippen molar-refractivity contribution in [2.24, 2.45) is 46.3 Å². The highest BCUT2D eigenvalue weighted by atomic mass is 19.4. The Labute approximate surface area is 564 Å². The van der Waals surface area contributed by atoms with Crippen LogP contribution in [-0.2, 0) is 38.1 Å². The summed E-state index contributed by atoms with van der Waals surface area (Å²) in [5.74, 6) is -75.3. The summed E-state index contributed by atoms with van der Waals surface area (Å²) >= 11 is 0. The lowest BCUT2D eigenvalue weighted by molar-refractivity contribution is -0.440. The predicted octanol–water partition coefficient (Wildman–Crippen LogP) is 19.9. The van der Waals surface area contributed by atoms with Gasteiger partial charge in [0.05, 0.1) is 51.1 Å². The Kier molecular flexibility index (Phi) is 33.3. The number of esters is 4. The maximum atomic E-state index is 13.5. The minimum absolute atomic E-state index is 0.0508. The van der Waals surface area contributed by atoms with E-state index in [2.05, 4.69) is 32.1 Å². The molecule has 0 aromatic rings. The van der Waals surface area contributed by atoms with Gasteiger partial charge in [0.2, 0.25) is 0 Å². The zero-order valence-corrected chi connectivity index (χ0v) is 56.4. The molecule has 0 aromatic carbocycles. The highest BCUT2D eigenvalue weighted by Gasteiger charge is 2.92. The molecule has 0 amide bonds. The zero-order chi connectivity index (χ0) is 82.1. The van der Waals surface area contributed by atoms with Crippen LogP contribution >= 0.6 is 0 Å². The lowest BCUT2D eigenvalue weighted by atomic mass is 9.80. The van der Waals surface area contributed by atoms with Gasteiger partial charge in [0.1, 0.15) is 0 Å². The van der Waals surface area contributed by atoms with Gasteiger partial charge in [0, 0.05) is 11.1 Å². The van der Waals surface area contributed by atoms with Gasteiger partial charge in [0.15, 0.2) is 11.2 Å². The van der Waals surface area contributed by atoms with E-state index >= 15 is 0 Å². The Balaban J connectivity index is 0. The number of halogens is 32. The minimum atomic E-state index is -7.94. The molecule has 8 unspecified atom stereocenters. The minimum Gasteiger partial charge on any atom is -0.469 e. The van der Waals surface area contributed by atoms with Crippen molar-refractivity contribution in [2.75, 3.05) is 27.4 Å². The van der Waals surface area contributed by atoms with Crippen molar-refractivity contribution in [3.8, 4) is 0 Å². The molecular weight excluding hydrogens is 1490 g/mol. The lowest BCUT2D eigenvalue weighted by Gasteiger charge is -2.39. The molecule has 0 aromatic heterocycles. The molecule has 4 saturated carbocycles. The number of fused-ring (bicyclic) bond motifs is 4. The summed E-state index contributed by atoms with van der Waals surface area (Å²) in [4.78, 5) is 43.3. The first-order valence-electron chi connectivity index (χ1n) is 30.1. The van der Waals surface area contributed by atoms with Crippen molar-refractivity contribution in [1.29, 1.82) is 0 Å². The monoisotopic (exact) mass is 1570 g/mol. The quantitative estimate of drug-likeness (QED) is 0.0414. The summed E-state index contributed by atoms with van der Waals surface area (Å²) in [6.07, 6.45) is -20.0. The van der Waals surface area contributed by atoms with E-state index in [4.69, 9.17) is 0 Å². The molecule has 4 aliphatic carbocycles. The molecule has 0 spiro atoms. The number of carbonyl (C=O) groups is 4. The van der Waals surface area contributed by atoms with Crippen LogP contribution in [0.15, 0.2) is 24.3 Å². The fraction of sp³-hybridized carbons (Fsp3) is 0.867. The Morgan fingerprint density at radius 2 is 0.647 bits per heavy atom. The van der Waals surface area contributed by atoms with Gasteiger partial charge in [-0.3, -0.25) is 9.59 Å². The molecule has 0 radical (unpaired) electrons. The van der Waals surface area contributed by atoms with E-state index in [9.17, 15) is 170 Å². The Bertz CT molecular complexity index is 2700. The normalized spacial score (nSPS) is 21.4. The van der Waals surface area contributed by atoms with Crippen molar-refractivity contribution in [3.63, 3.8) is 0 Å². The number of methoxy groups -OCH3 is 2. The molecule has 4 rings (SSSR count). The SMILES string of the molecule is C=C(C)C(=O)OC.C=C(C)C(=O)OCCC(F)(F)C(F)(F)C(F)(F)C(F)(F)C(F)(F)C(F)(F)F.CC(O)(CC1CC2CCC1C2)C(F)(F)F.CC(O)(CC1CC2CCC1C2)C(F)(F)F.CCC(C)(C)C(=O)OC.CCC(C)(C)C(=O)OCCC(F)(F)C(F)(F)C(F)(F)C(F)(F)C(F)(F)C(F)(F)F. The lowest BCUT2D eigenvalue weighted by Crippen LogP contribution is -2.70. The van der Waals surface area contributed by atoms with Crippen LogP contribution in [0.5, 0.6) is 0 Å². The molecule has 2 N–H and O–H groups in total. The second-order valence-corrected chi connectivity index (χ2v) is 26.6. The van der Waals surface area contributed by atoms with Gasteiger partial charge in [-0.25, -0.2) is 9.59 Å². The maximum Gasteiger partial charge on any atom is 0.460 e. The average molecular weight is 1570 g/mol. The van der Waals surface area contributed by atoms with Gasteiger partial charge < -0.3 is 29.2 Å². The Morgan fingerprint density at radius 3 is 0.843 bits per heavy atom. The maximum absolute atomic E-state index is 13.5. The molecule has 4 aliphatic rings. The zero-order valence-electron chi connectivity index (χ0n) is 56.4. The molecule has 42 heteroatoms. The molecule has 604 valence electrons. The standard InChI is InChI=1S/C14H15F13O2.C12H9F13O2.2C11H17F3O.C7H14O2.C5H8O2/c1-4-8(2,3)7(28)29-6-5-9(15,16)10(17,18)11(19,20)12(21,22)13(23,24)14(25,26)27;1-5(2)6(26)27-4-3-7(13,14)8(15,16)9(17,18)10(19,20)11(21,22)12(23,24)25;2*1-10(15,11(12,13)14)6-9-5-7-2-3-8(9)4-7;1-5-7(2,3)6(8)9-4;1-4(2)5(6)7-3/h4-6H2,1-3H3;1,3-4H2,2H3;2*7-9,15H,2-6H2,1H3;5H2,1-4H3;1H2,2-3H3. The van der Waals surface area contributed by atoms with Gasteiger partial charge in [0.25, 0.3) is 0 Å². The summed E-state index contributed by atoms with van der Waals surface area (Å²) in [5, 5.41) is 18.8. The van der Waals surface area contributed by atoms with Crippen LogP contribution in [0.2, 0.25) is 0 Å². The second-order valence-electron chi connectivity index (χ2n) is 26.6. The first-order chi connectivity index (χ1) is 44.8. The summed E-state index contributed by atoms with van der Waals surface area (Å²) in [7, 11) is 2.75. The van der Waals surface area contributed by atoms with Gasteiger partial charge in [-0.05, 0) is 155 Å². The molecule has 0 aliphatic heterocycles. The van der Waals surface area contributed by atoms with Crippen molar-refractivity contribution in [2.45, 2.75) is 254 Å². The van der Waals surface area contributed by atoms with Crippen LogP contribution in [-0.4, -0.2) is 157 Å². The molecular formula is C60H80F32O10. The third-order valence-electron chi connectivity index (χ3n) is 17.5. The van der Waals surface area contributed by atoms with Crippen LogP contribution in [0.1, 0.15) is 159 Å². The third kappa shape index (κ3) is 23.0. The van der Waals surface area contributed by atoms with Crippen LogP contribution in [0.25, 0.3) is 0 Å². The number of alkyl halides is 32. The smallest absolute Gasteiger partial charge is 0.460 e. The molecule has 0 heterocycles. The van der Waals surface area contributed by atoms with Crippen LogP contribution < -0.4 is 0 Å². The van der Waals surface area contributed by atoms with Crippen molar-refractivity contribution in [3.05, 3.63) is 24.3 Å². The molecule has 8 atom stereocenters. The van der Waals surface area contributed by atoms with Crippen molar-refractivity contribution < 1.29 is 189 Å². The molecule has 10 nitrogen and oxygen atoms in total. The second kappa shape index (κ2) is 34.3. The van der Waals surface area contributed by atoms with E-state index in [1.165, 1.54) is 47.8 Å². The van der Waals surface area contributed by atoms with Crippen LogP contribution in [0, 0.1) is 46.3 Å². The van der Waals surface area contributed by atoms with E-state index in [0.717, 1.165) is 65.7 Å². The number of rotatable bonds is 24. The number of carbonyl (C=O) groups excluding carboxylic acids is 4. The van der Waals surface area contributed by atoms with E-state index in [1.807, 2.05) is 20.8 Å². The van der Waals surface area contributed by atoms with Gasteiger partial charge in [-0.15, -0.1) is 0 Å². The third-order valence-corrected chi connectivity index (χ3v) is 17.5. The number of ether oxygens (including phenoxy) is 4. The molecule has 102 heavy (non-hydrogen) atoms. The summed E-state index contributed by atoms with van der Waals surface area (Å²) in [6, 6.07) is 0. The number of hydrogen-bond donors (Lipinski definition) is 2. The van der Waals surface area contributed by atoms with Crippen molar-refractivity contribution >= 4 is 23.9 Å².